The zero-order valence-electron chi connectivity index (χ0n) is 30.8. The van der Waals surface area contributed by atoms with Crippen LogP contribution in [0.15, 0.2) is 115 Å². The van der Waals surface area contributed by atoms with E-state index in [1.54, 1.807) is 30.3 Å². The van der Waals surface area contributed by atoms with Crippen molar-refractivity contribution in [3.05, 3.63) is 174 Å². The molecule has 16 heteroatoms. The minimum absolute atomic E-state index is 0.137. The Kier molecular flexibility index (Phi) is 16.7. The van der Waals surface area contributed by atoms with Crippen LogP contribution in [0, 0.1) is 41.6 Å². The highest BCUT2D eigenvalue weighted by atomic mass is 127. The van der Waals surface area contributed by atoms with Crippen LogP contribution in [-0.4, -0.2) is 38.2 Å². The molecule has 0 radical (unpaired) electrons. The second-order valence-electron chi connectivity index (χ2n) is 12.4. The Morgan fingerprint density at radius 2 is 0.914 bits per heavy atom. The summed E-state index contributed by atoms with van der Waals surface area (Å²) in [5.74, 6) is -3.13. The molecule has 0 aliphatic rings. The summed E-state index contributed by atoms with van der Waals surface area (Å²) >= 11 is 12.6. The normalized spacial score (nSPS) is 10.2. The first-order valence-electron chi connectivity index (χ1n) is 16.9. The molecule has 0 bridgehead atoms. The van der Waals surface area contributed by atoms with E-state index in [1.165, 1.54) is 18.2 Å². The molecule has 0 fully saturated rings. The lowest BCUT2D eigenvalue weighted by molar-refractivity contribution is -0.384. The lowest BCUT2D eigenvalue weighted by Gasteiger charge is -2.12. The SMILES string of the molecule is Cc1cc(I)ccc1Nc1cc(Cl)ccc1C(=O)O.Cc1cc(I)ccc1Nc1ccc([N+](=O)[O-])cc1C(=O)O.Cc1cc(I)ccc1Nc1ccccc1C(=O)O. The van der Waals surface area contributed by atoms with Crippen LogP contribution in [0.4, 0.5) is 39.8 Å². The van der Waals surface area contributed by atoms with E-state index in [2.05, 4.69) is 83.7 Å². The highest BCUT2D eigenvalue weighted by Crippen LogP contribution is 2.30. The minimum atomic E-state index is -1.22. The van der Waals surface area contributed by atoms with Crippen molar-refractivity contribution < 1.29 is 34.6 Å². The summed E-state index contributed by atoms with van der Waals surface area (Å²) in [5.41, 5.74) is 7.12. The molecule has 6 rings (SSSR count). The quantitative estimate of drug-likeness (QED) is 0.0435. The molecule has 0 aromatic heterocycles. The van der Waals surface area contributed by atoms with Crippen LogP contribution in [0.5, 0.6) is 0 Å². The maximum atomic E-state index is 11.3. The third-order valence-electron chi connectivity index (χ3n) is 8.19. The molecule has 0 aliphatic carbocycles. The number of para-hydroxylation sites is 1. The van der Waals surface area contributed by atoms with Gasteiger partial charge in [0.15, 0.2) is 0 Å². The third kappa shape index (κ3) is 13.0. The standard InChI is InChI=1S/C14H11ClINO2.C14H11IN2O4.C14H12INO2/c1-8-6-10(16)3-5-12(8)17-13-7-9(15)2-4-11(13)14(18)19;1-8-6-9(15)2-4-12(8)16-13-5-3-10(17(20)21)7-11(13)14(18)19;1-9-8-10(15)6-7-12(9)16-13-5-3-2-4-11(13)14(17)18/h2-7,17H,1H3,(H,18,19);2-7,16H,1H3,(H,18,19);2-8,16H,1H3,(H,17,18). The van der Waals surface area contributed by atoms with Crippen molar-refractivity contribution in [3.63, 3.8) is 0 Å². The smallest absolute Gasteiger partial charge is 0.338 e. The number of nitro benzene ring substituents is 1. The molecule has 0 spiro atoms. The monoisotopic (exact) mass is 1140 g/mol. The maximum absolute atomic E-state index is 11.3. The number of aryl methyl sites for hydroxylation is 3. The second kappa shape index (κ2) is 21.1. The minimum Gasteiger partial charge on any atom is -0.478 e. The zero-order valence-corrected chi connectivity index (χ0v) is 38.0. The van der Waals surface area contributed by atoms with Crippen molar-refractivity contribution >= 4 is 137 Å². The summed E-state index contributed by atoms with van der Waals surface area (Å²) in [7, 11) is 0. The summed E-state index contributed by atoms with van der Waals surface area (Å²) in [5, 5.41) is 48.0. The van der Waals surface area contributed by atoms with E-state index in [0.717, 1.165) is 50.5 Å². The number of hydrogen-bond donors (Lipinski definition) is 6. The van der Waals surface area contributed by atoms with Crippen LogP contribution < -0.4 is 16.0 Å². The van der Waals surface area contributed by atoms with Gasteiger partial charge in [-0.15, -0.1) is 0 Å². The summed E-state index contributed by atoms with van der Waals surface area (Å²) in [4.78, 5) is 43.7. The first-order chi connectivity index (χ1) is 27.4. The summed E-state index contributed by atoms with van der Waals surface area (Å²) in [6.45, 7) is 5.86. The molecule has 12 nitrogen and oxygen atoms in total. The predicted molar refractivity (Wildman–Crippen MR) is 253 cm³/mol. The average Bonchev–Trinajstić information content (AvgIpc) is 3.15. The lowest BCUT2D eigenvalue weighted by Crippen LogP contribution is -2.04. The number of nitro groups is 1. The van der Waals surface area contributed by atoms with Gasteiger partial charge in [0.1, 0.15) is 0 Å². The molecule has 6 aromatic rings. The number of rotatable bonds is 10. The molecule has 6 N–H and O–H groups in total. The van der Waals surface area contributed by atoms with Crippen molar-refractivity contribution in [2.75, 3.05) is 16.0 Å². The van der Waals surface area contributed by atoms with Crippen LogP contribution in [0.2, 0.25) is 5.02 Å². The van der Waals surface area contributed by atoms with E-state index in [0.29, 0.717) is 22.1 Å². The molecule has 0 amide bonds. The van der Waals surface area contributed by atoms with Crippen molar-refractivity contribution in [3.8, 4) is 0 Å². The summed E-state index contributed by atoms with van der Waals surface area (Å²) < 4.78 is 3.35. The molecule has 0 heterocycles. The van der Waals surface area contributed by atoms with Gasteiger partial charge in [-0.2, -0.15) is 0 Å². The highest BCUT2D eigenvalue weighted by molar-refractivity contribution is 14.1. The van der Waals surface area contributed by atoms with Crippen molar-refractivity contribution in [2.45, 2.75) is 20.8 Å². The molecule has 0 saturated heterocycles. The Balaban J connectivity index is 0.000000193. The number of carbonyl (C=O) groups is 3. The number of nitrogens with zero attached hydrogens (tertiary/aromatic N) is 1. The van der Waals surface area contributed by atoms with Crippen molar-refractivity contribution in [1.29, 1.82) is 0 Å². The molecule has 0 aliphatic heterocycles. The highest BCUT2D eigenvalue weighted by Gasteiger charge is 2.17. The van der Waals surface area contributed by atoms with Gasteiger partial charge in [0.05, 0.1) is 38.7 Å². The number of nitrogens with one attached hydrogen (secondary N) is 3. The van der Waals surface area contributed by atoms with Gasteiger partial charge in [-0.25, -0.2) is 14.4 Å². The van der Waals surface area contributed by atoms with E-state index >= 15 is 0 Å². The van der Waals surface area contributed by atoms with E-state index < -0.39 is 22.8 Å². The Morgan fingerprint density at radius 3 is 1.34 bits per heavy atom. The van der Waals surface area contributed by atoms with Gasteiger partial charge in [0.25, 0.3) is 5.69 Å². The fraction of sp³-hybridized carbons (Fsp3) is 0.0714. The van der Waals surface area contributed by atoms with Crippen LogP contribution >= 0.6 is 79.4 Å². The number of benzene rings is 6. The Labute approximate surface area is 379 Å². The van der Waals surface area contributed by atoms with Gasteiger partial charge >= 0.3 is 17.9 Å². The van der Waals surface area contributed by atoms with Gasteiger partial charge in [0.2, 0.25) is 0 Å². The van der Waals surface area contributed by atoms with Crippen LogP contribution in [0.25, 0.3) is 0 Å². The first-order valence-corrected chi connectivity index (χ1v) is 20.5. The number of aromatic carboxylic acids is 3. The van der Waals surface area contributed by atoms with E-state index in [1.807, 2.05) is 81.4 Å². The van der Waals surface area contributed by atoms with Gasteiger partial charge < -0.3 is 31.3 Å². The average molecular weight is 1140 g/mol. The van der Waals surface area contributed by atoms with Crippen LogP contribution in [-0.2, 0) is 0 Å². The third-order valence-corrected chi connectivity index (χ3v) is 10.4. The number of anilines is 6. The van der Waals surface area contributed by atoms with E-state index in [-0.39, 0.29) is 22.4 Å². The topological polar surface area (TPSA) is 191 Å². The van der Waals surface area contributed by atoms with E-state index in [9.17, 15) is 29.6 Å². The number of non-ortho nitro benzene ring substituents is 1. The molecule has 298 valence electrons. The molecule has 6 aromatic carbocycles. The predicted octanol–water partition coefficient (Wildman–Crippen LogP) is 12.7. The van der Waals surface area contributed by atoms with Crippen molar-refractivity contribution in [1.82, 2.24) is 0 Å². The molecular formula is C42H34ClI3N4O8. The van der Waals surface area contributed by atoms with Gasteiger partial charge in [0, 0.05) is 44.9 Å². The van der Waals surface area contributed by atoms with Gasteiger partial charge in [-0.05, 0) is 196 Å². The first kappa shape index (κ1) is 45.7. The largest absolute Gasteiger partial charge is 0.478 e. The number of carboxylic acid groups (broad SMARTS) is 3. The summed E-state index contributed by atoms with van der Waals surface area (Å²) in [6.07, 6.45) is 0. The molecule has 0 atom stereocenters. The van der Waals surface area contributed by atoms with E-state index in [4.69, 9.17) is 21.8 Å². The fourth-order valence-electron chi connectivity index (χ4n) is 5.25. The second-order valence-corrected chi connectivity index (χ2v) is 16.6. The summed E-state index contributed by atoms with van der Waals surface area (Å²) in [6, 6.07) is 32.9. The lowest BCUT2D eigenvalue weighted by atomic mass is 10.1. The Bertz CT molecular complexity index is 2520. The molecule has 58 heavy (non-hydrogen) atoms. The molecular weight excluding hydrogens is 1100 g/mol. The Morgan fingerprint density at radius 1 is 0.517 bits per heavy atom. The van der Waals surface area contributed by atoms with Crippen LogP contribution in [0.1, 0.15) is 47.8 Å². The number of halogens is 4. The molecule has 0 unspecified atom stereocenters. The van der Waals surface area contributed by atoms with Gasteiger partial charge in [-0.1, -0.05) is 23.7 Å². The van der Waals surface area contributed by atoms with Crippen LogP contribution in [0.3, 0.4) is 0 Å². The molecule has 0 saturated carbocycles. The number of hydrogen-bond acceptors (Lipinski definition) is 8. The fourth-order valence-corrected chi connectivity index (χ4v) is 7.37. The maximum Gasteiger partial charge on any atom is 0.338 e. The Hall–Kier alpha value is -4.99. The van der Waals surface area contributed by atoms with Crippen molar-refractivity contribution in [2.24, 2.45) is 0 Å². The zero-order chi connectivity index (χ0) is 42.7. The number of carboxylic acids is 3. The van der Waals surface area contributed by atoms with Gasteiger partial charge in [-0.3, -0.25) is 10.1 Å².